The number of unbranched alkanes of at least 4 members (excludes halogenated alkanes) is 1. The molecule has 6 rings (SSSR count). The van der Waals surface area contributed by atoms with Gasteiger partial charge in [-0.2, -0.15) is 0 Å². The third-order valence-electron chi connectivity index (χ3n) is 11.8. The molecule has 3 aromatic rings. The molecule has 2 fully saturated rings. The van der Waals surface area contributed by atoms with Crippen LogP contribution in [-0.2, 0) is 28.9 Å². The molecule has 6 heteroatoms. The first kappa shape index (κ1) is 34.9. The van der Waals surface area contributed by atoms with Gasteiger partial charge in [0.05, 0.1) is 32.5 Å². The van der Waals surface area contributed by atoms with Crippen LogP contribution >= 0.6 is 0 Å². The Morgan fingerprint density at radius 2 is 1.62 bits per heavy atom. The molecule has 3 aromatic carbocycles. The molecule has 3 aliphatic carbocycles. The van der Waals surface area contributed by atoms with E-state index in [2.05, 4.69) is 80.6 Å². The number of ether oxygens (including phenoxy) is 3. The largest absolute Gasteiger partial charge is 0.489 e. The summed E-state index contributed by atoms with van der Waals surface area (Å²) in [5.74, 6) is 3.18. The molecule has 0 bridgehead atoms. The fraction of sp³-hybridized carbons (Fsp3) is 0.571. The van der Waals surface area contributed by atoms with Crippen LogP contribution in [0.3, 0.4) is 0 Å². The second-order valence-electron chi connectivity index (χ2n) is 14.7. The summed E-state index contributed by atoms with van der Waals surface area (Å²) in [5, 5.41) is 18.6. The molecule has 0 heterocycles. The average molecular weight is 656 g/mol. The van der Waals surface area contributed by atoms with Gasteiger partial charge in [0.25, 0.3) is 0 Å². The SMILES string of the molecule is Cc1cc(OCc2ccccc2)cc2c1C1CC[C@@]3(C)C(CC[C@@H]3OCCOCCCCc3ccc(N(CCO)CCO)cc3)C1CC2. The molecule has 6 nitrogen and oxygen atoms in total. The van der Waals surface area contributed by atoms with Crippen molar-refractivity contribution in [2.75, 3.05) is 51.0 Å². The van der Waals surface area contributed by atoms with Crippen LogP contribution in [-0.4, -0.2) is 62.4 Å². The summed E-state index contributed by atoms with van der Waals surface area (Å²) < 4.78 is 18.8. The Labute approximate surface area is 288 Å². The average Bonchev–Trinajstić information content (AvgIpc) is 3.45. The van der Waals surface area contributed by atoms with Crippen molar-refractivity contribution < 1.29 is 24.4 Å². The van der Waals surface area contributed by atoms with Gasteiger partial charge in [0.1, 0.15) is 12.4 Å². The zero-order valence-corrected chi connectivity index (χ0v) is 29.2. The van der Waals surface area contributed by atoms with Crippen LogP contribution < -0.4 is 9.64 Å². The van der Waals surface area contributed by atoms with Crippen molar-refractivity contribution >= 4 is 5.69 Å². The zero-order chi connectivity index (χ0) is 33.3. The van der Waals surface area contributed by atoms with Crippen molar-refractivity contribution in [1.82, 2.24) is 0 Å². The van der Waals surface area contributed by atoms with Gasteiger partial charge in [-0.15, -0.1) is 0 Å². The fourth-order valence-corrected chi connectivity index (χ4v) is 9.36. The van der Waals surface area contributed by atoms with Crippen LogP contribution in [0.1, 0.15) is 85.6 Å². The third kappa shape index (κ3) is 8.10. The molecule has 2 saturated carbocycles. The summed E-state index contributed by atoms with van der Waals surface area (Å²) in [5.41, 5.74) is 8.38. The maximum absolute atomic E-state index is 9.28. The quantitative estimate of drug-likeness (QED) is 0.146. The molecule has 0 radical (unpaired) electrons. The Morgan fingerprint density at radius 3 is 2.40 bits per heavy atom. The lowest BCUT2D eigenvalue weighted by Gasteiger charge is -2.51. The van der Waals surface area contributed by atoms with Crippen LogP contribution in [0.25, 0.3) is 0 Å². The molecule has 2 N–H and O–H groups in total. The van der Waals surface area contributed by atoms with Gasteiger partial charge in [0.2, 0.25) is 0 Å². The van der Waals surface area contributed by atoms with Gasteiger partial charge in [-0.1, -0.05) is 49.4 Å². The van der Waals surface area contributed by atoms with Crippen LogP contribution in [0.15, 0.2) is 66.7 Å². The monoisotopic (exact) mass is 655 g/mol. The standard InChI is InChI=1S/C42H57NO5/c1-31-28-36(48-30-33-9-4-3-5-10-33)29-34-13-16-37-38(41(31)34)19-20-42(2)39(37)17-18-40(42)47-27-26-46-25-7-6-8-32-11-14-35(15-12-32)43(21-23-44)22-24-45/h3-5,9-12,14-15,28-29,37-40,44-45H,6-8,13,16-27,30H2,1-2H3/t37?,38?,39?,40-,42-/m0/s1. The lowest BCUT2D eigenvalue weighted by atomic mass is 9.55. The Balaban J connectivity index is 0.916. The minimum absolute atomic E-state index is 0.0808. The molecule has 5 atom stereocenters. The van der Waals surface area contributed by atoms with Crippen molar-refractivity contribution in [2.24, 2.45) is 17.3 Å². The highest BCUT2D eigenvalue weighted by Gasteiger charge is 2.55. The Bertz CT molecular complexity index is 1420. The molecular formula is C42H57NO5. The lowest BCUT2D eigenvalue weighted by Crippen LogP contribution is -2.45. The topological polar surface area (TPSA) is 71.4 Å². The predicted molar refractivity (Wildman–Crippen MR) is 193 cm³/mol. The van der Waals surface area contributed by atoms with E-state index >= 15 is 0 Å². The van der Waals surface area contributed by atoms with E-state index < -0.39 is 0 Å². The molecular weight excluding hydrogens is 598 g/mol. The van der Waals surface area contributed by atoms with Crippen molar-refractivity contribution in [3.05, 3.63) is 94.5 Å². The van der Waals surface area contributed by atoms with Crippen molar-refractivity contribution in [3.63, 3.8) is 0 Å². The van der Waals surface area contributed by atoms with Crippen LogP contribution in [0.2, 0.25) is 0 Å². The van der Waals surface area contributed by atoms with Gasteiger partial charge in [0, 0.05) is 25.4 Å². The van der Waals surface area contributed by atoms with E-state index in [-0.39, 0.29) is 18.6 Å². The van der Waals surface area contributed by atoms with Crippen LogP contribution in [0.4, 0.5) is 5.69 Å². The summed E-state index contributed by atoms with van der Waals surface area (Å²) in [7, 11) is 0. The first-order valence-corrected chi connectivity index (χ1v) is 18.5. The number of aliphatic hydroxyl groups is 2. The molecule has 48 heavy (non-hydrogen) atoms. The maximum atomic E-state index is 9.28. The summed E-state index contributed by atoms with van der Waals surface area (Å²) in [6.45, 7) is 8.81. The number of aryl methyl sites for hydroxylation is 3. The van der Waals surface area contributed by atoms with E-state index in [1.807, 2.05) is 4.90 Å². The van der Waals surface area contributed by atoms with Gasteiger partial charge in [-0.25, -0.2) is 0 Å². The summed E-state index contributed by atoms with van der Waals surface area (Å²) in [4.78, 5) is 2.01. The number of nitrogens with zero attached hydrogens (tertiary/aromatic N) is 1. The van der Waals surface area contributed by atoms with E-state index in [0.717, 1.165) is 55.6 Å². The van der Waals surface area contributed by atoms with E-state index in [1.54, 1.807) is 5.56 Å². The number of anilines is 1. The summed E-state index contributed by atoms with van der Waals surface area (Å²) in [6.07, 6.45) is 10.9. The number of aliphatic hydroxyl groups excluding tert-OH is 2. The highest BCUT2D eigenvalue weighted by molar-refractivity contribution is 5.48. The molecule has 0 spiro atoms. The van der Waals surface area contributed by atoms with Gasteiger partial charge >= 0.3 is 0 Å². The summed E-state index contributed by atoms with van der Waals surface area (Å²) >= 11 is 0. The first-order chi connectivity index (χ1) is 23.5. The smallest absolute Gasteiger partial charge is 0.120 e. The van der Waals surface area contributed by atoms with Gasteiger partial charge < -0.3 is 29.3 Å². The number of benzene rings is 3. The van der Waals surface area contributed by atoms with E-state index in [0.29, 0.717) is 44.9 Å². The third-order valence-corrected chi connectivity index (χ3v) is 11.8. The Hall–Kier alpha value is -2.90. The summed E-state index contributed by atoms with van der Waals surface area (Å²) in [6, 6.07) is 23.5. The fourth-order valence-electron chi connectivity index (χ4n) is 9.36. The maximum Gasteiger partial charge on any atom is 0.120 e. The number of hydrogen-bond donors (Lipinski definition) is 2. The van der Waals surface area contributed by atoms with E-state index in [9.17, 15) is 10.2 Å². The minimum Gasteiger partial charge on any atom is -0.489 e. The number of hydrogen-bond acceptors (Lipinski definition) is 6. The number of fused-ring (bicyclic) bond motifs is 5. The first-order valence-electron chi connectivity index (χ1n) is 18.5. The molecule has 0 amide bonds. The van der Waals surface area contributed by atoms with Gasteiger partial charge in [0.15, 0.2) is 0 Å². The number of rotatable bonds is 17. The normalized spacial score (nSPS) is 24.5. The van der Waals surface area contributed by atoms with E-state index in [1.165, 1.54) is 54.4 Å². The van der Waals surface area contributed by atoms with Crippen molar-refractivity contribution in [3.8, 4) is 5.75 Å². The van der Waals surface area contributed by atoms with Crippen LogP contribution in [0, 0.1) is 24.2 Å². The van der Waals surface area contributed by atoms with Gasteiger partial charge in [-0.05, 0) is 140 Å². The second-order valence-corrected chi connectivity index (χ2v) is 14.7. The van der Waals surface area contributed by atoms with E-state index in [4.69, 9.17) is 14.2 Å². The molecule has 0 saturated heterocycles. The highest BCUT2D eigenvalue weighted by atomic mass is 16.5. The predicted octanol–water partition coefficient (Wildman–Crippen LogP) is 7.65. The zero-order valence-electron chi connectivity index (χ0n) is 29.2. The lowest BCUT2D eigenvalue weighted by molar-refractivity contribution is -0.0771. The highest BCUT2D eigenvalue weighted by Crippen LogP contribution is 2.62. The van der Waals surface area contributed by atoms with Crippen LogP contribution in [0.5, 0.6) is 5.75 Å². The minimum atomic E-state index is 0.0808. The Kier molecular flexibility index (Phi) is 12.1. The molecule has 3 unspecified atom stereocenters. The van der Waals surface area contributed by atoms with Crippen molar-refractivity contribution in [1.29, 1.82) is 0 Å². The molecule has 260 valence electrons. The van der Waals surface area contributed by atoms with Gasteiger partial charge in [-0.3, -0.25) is 0 Å². The molecule has 0 aliphatic heterocycles. The second kappa shape index (κ2) is 16.7. The Morgan fingerprint density at radius 1 is 0.833 bits per heavy atom. The van der Waals surface area contributed by atoms with Crippen molar-refractivity contribution in [2.45, 2.75) is 90.3 Å². The molecule has 3 aliphatic rings. The molecule has 0 aromatic heterocycles.